The summed E-state index contributed by atoms with van der Waals surface area (Å²) in [5, 5.41) is 9.17. The number of imide groups is 1. The van der Waals surface area contributed by atoms with Crippen LogP contribution in [0.15, 0.2) is 36.9 Å². The van der Waals surface area contributed by atoms with Crippen molar-refractivity contribution in [3.63, 3.8) is 0 Å². The van der Waals surface area contributed by atoms with Crippen molar-refractivity contribution >= 4 is 17.9 Å². The Labute approximate surface area is 133 Å². The molecule has 7 nitrogen and oxygen atoms in total. The molecule has 1 aliphatic rings. The van der Waals surface area contributed by atoms with Gasteiger partial charge in [0.05, 0.1) is 7.11 Å². The zero-order chi connectivity index (χ0) is 17.0. The summed E-state index contributed by atoms with van der Waals surface area (Å²) in [5.74, 6) is -0.371. The minimum absolute atomic E-state index is 0.0314. The standard InChI is InChI=1S/C16H18N2O5/c1-3-4-13-15(20)18(10-9-17(13)16(21)22)14(19)11-5-7-12(23-2)8-6-11/h3,5-8,13H,1,4,9-10H2,2H3,(H,21,22)/t13-/m0/s1. The zero-order valence-corrected chi connectivity index (χ0v) is 12.8. The van der Waals surface area contributed by atoms with Gasteiger partial charge in [-0.05, 0) is 30.7 Å². The van der Waals surface area contributed by atoms with Gasteiger partial charge >= 0.3 is 6.09 Å². The van der Waals surface area contributed by atoms with Crippen molar-refractivity contribution in [2.45, 2.75) is 12.5 Å². The minimum Gasteiger partial charge on any atom is -0.497 e. The van der Waals surface area contributed by atoms with E-state index in [0.29, 0.717) is 11.3 Å². The Morgan fingerprint density at radius 1 is 1.35 bits per heavy atom. The van der Waals surface area contributed by atoms with Gasteiger partial charge < -0.3 is 9.84 Å². The predicted octanol–water partition coefficient (Wildman–Crippen LogP) is 1.60. The maximum atomic E-state index is 12.5. The molecule has 2 rings (SSSR count). The number of methoxy groups -OCH3 is 1. The van der Waals surface area contributed by atoms with Gasteiger partial charge in [-0.1, -0.05) is 6.08 Å². The van der Waals surface area contributed by atoms with Crippen molar-refractivity contribution in [3.8, 4) is 5.75 Å². The molecule has 0 unspecified atom stereocenters. The molecule has 0 aliphatic carbocycles. The number of rotatable bonds is 4. The van der Waals surface area contributed by atoms with Gasteiger partial charge in [-0.25, -0.2) is 4.79 Å². The van der Waals surface area contributed by atoms with E-state index < -0.39 is 23.9 Å². The first kappa shape index (κ1) is 16.5. The van der Waals surface area contributed by atoms with Crippen LogP contribution in [0.3, 0.4) is 0 Å². The van der Waals surface area contributed by atoms with E-state index in [9.17, 15) is 19.5 Å². The lowest BCUT2D eigenvalue weighted by molar-refractivity contribution is -0.137. The van der Waals surface area contributed by atoms with Gasteiger partial charge in [0.1, 0.15) is 11.8 Å². The van der Waals surface area contributed by atoms with Gasteiger partial charge in [-0.2, -0.15) is 0 Å². The number of hydrogen-bond donors (Lipinski definition) is 1. The van der Waals surface area contributed by atoms with Crippen molar-refractivity contribution in [1.29, 1.82) is 0 Å². The molecular weight excluding hydrogens is 300 g/mol. The molecular formula is C16H18N2O5. The van der Waals surface area contributed by atoms with Crippen LogP contribution in [0, 0.1) is 0 Å². The fourth-order valence-electron chi connectivity index (χ4n) is 2.49. The van der Waals surface area contributed by atoms with Crippen molar-refractivity contribution < 1.29 is 24.2 Å². The van der Waals surface area contributed by atoms with E-state index in [2.05, 4.69) is 6.58 Å². The molecule has 1 aliphatic heterocycles. The number of amides is 3. The molecule has 0 aromatic heterocycles. The smallest absolute Gasteiger partial charge is 0.408 e. The van der Waals surface area contributed by atoms with E-state index in [1.165, 1.54) is 13.2 Å². The number of nitrogens with zero attached hydrogens (tertiary/aromatic N) is 2. The van der Waals surface area contributed by atoms with Crippen LogP contribution in [0.1, 0.15) is 16.8 Å². The topological polar surface area (TPSA) is 87.2 Å². The first-order chi connectivity index (χ1) is 11.0. The quantitative estimate of drug-likeness (QED) is 0.673. The number of ether oxygens (including phenoxy) is 1. The van der Waals surface area contributed by atoms with E-state index in [4.69, 9.17) is 4.74 Å². The predicted molar refractivity (Wildman–Crippen MR) is 82.4 cm³/mol. The van der Waals surface area contributed by atoms with E-state index in [0.717, 1.165) is 9.80 Å². The number of carboxylic acid groups (broad SMARTS) is 1. The second kappa shape index (κ2) is 6.95. The first-order valence-corrected chi connectivity index (χ1v) is 7.09. The third kappa shape index (κ3) is 3.33. The Kier molecular flexibility index (Phi) is 5.00. The first-order valence-electron chi connectivity index (χ1n) is 7.09. The van der Waals surface area contributed by atoms with Crippen molar-refractivity contribution in [2.75, 3.05) is 20.2 Å². The van der Waals surface area contributed by atoms with E-state index in [1.54, 1.807) is 24.3 Å². The summed E-state index contributed by atoms with van der Waals surface area (Å²) in [7, 11) is 1.52. The largest absolute Gasteiger partial charge is 0.497 e. The monoisotopic (exact) mass is 318 g/mol. The lowest BCUT2D eigenvalue weighted by atomic mass is 10.1. The Balaban J connectivity index is 2.21. The Hall–Kier alpha value is -2.83. The van der Waals surface area contributed by atoms with Gasteiger partial charge in [-0.3, -0.25) is 19.4 Å². The van der Waals surface area contributed by atoms with Gasteiger partial charge in [-0.15, -0.1) is 6.58 Å². The SMILES string of the molecule is C=CC[C@H]1C(=O)N(C(=O)c2ccc(OC)cc2)CCN1C(=O)O. The average molecular weight is 318 g/mol. The Bertz CT molecular complexity index is 626. The second-order valence-electron chi connectivity index (χ2n) is 5.04. The molecule has 7 heteroatoms. The Morgan fingerprint density at radius 2 is 2.00 bits per heavy atom. The van der Waals surface area contributed by atoms with Crippen LogP contribution >= 0.6 is 0 Å². The molecule has 1 aromatic carbocycles. The highest BCUT2D eigenvalue weighted by molar-refractivity contribution is 6.07. The van der Waals surface area contributed by atoms with Crippen LogP contribution in [-0.2, 0) is 4.79 Å². The highest BCUT2D eigenvalue weighted by Gasteiger charge is 2.39. The maximum absolute atomic E-state index is 12.5. The molecule has 1 N–H and O–H groups in total. The molecule has 1 atom stereocenters. The third-order valence-corrected chi connectivity index (χ3v) is 3.71. The number of benzene rings is 1. The molecule has 3 amide bonds. The van der Waals surface area contributed by atoms with Crippen LogP contribution in [0.5, 0.6) is 5.75 Å². The fraction of sp³-hybridized carbons (Fsp3) is 0.312. The molecule has 122 valence electrons. The molecule has 1 aromatic rings. The fourth-order valence-corrected chi connectivity index (χ4v) is 2.49. The molecule has 0 saturated carbocycles. The van der Waals surface area contributed by atoms with Gasteiger partial charge in [0.2, 0.25) is 0 Å². The average Bonchev–Trinajstić information content (AvgIpc) is 2.56. The van der Waals surface area contributed by atoms with E-state index >= 15 is 0 Å². The maximum Gasteiger partial charge on any atom is 0.408 e. The van der Waals surface area contributed by atoms with Crippen LogP contribution in [0.4, 0.5) is 4.79 Å². The van der Waals surface area contributed by atoms with Gasteiger partial charge in [0.25, 0.3) is 11.8 Å². The molecule has 1 fully saturated rings. The summed E-state index contributed by atoms with van der Waals surface area (Å²) in [6.45, 7) is 3.66. The van der Waals surface area contributed by atoms with Crippen LogP contribution in [0.2, 0.25) is 0 Å². The minimum atomic E-state index is -1.18. The summed E-state index contributed by atoms with van der Waals surface area (Å²) in [5.41, 5.74) is 0.347. The molecule has 0 bridgehead atoms. The lowest BCUT2D eigenvalue weighted by Gasteiger charge is -2.37. The Morgan fingerprint density at radius 3 is 2.52 bits per heavy atom. The van der Waals surface area contributed by atoms with Crippen LogP contribution in [0.25, 0.3) is 0 Å². The summed E-state index contributed by atoms with van der Waals surface area (Å²) < 4.78 is 5.03. The summed E-state index contributed by atoms with van der Waals surface area (Å²) >= 11 is 0. The summed E-state index contributed by atoms with van der Waals surface area (Å²) in [6, 6.07) is 5.49. The number of carbonyl (C=O) groups excluding carboxylic acids is 2. The van der Waals surface area contributed by atoms with Crippen LogP contribution < -0.4 is 4.74 Å². The van der Waals surface area contributed by atoms with Gasteiger partial charge in [0, 0.05) is 18.7 Å². The number of piperazine rings is 1. The van der Waals surface area contributed by atoms with Crippen molar-refractivity contribution in [2.24, 2.45) is 0 Å². The van der Waals surface area contributed by atoms with Crippen molar-refractivity contribution in [1.82, 2.24) is 9.80 Å². The molecule has 1 heterocycles. The molecule has 1 saturated heterocycles. The lowest BCUT2D eigenvalue weighted by Crippen LogP contribution is -2.59. The summed E-state index contributed by atoms with van der Waals surface area (Å²) in [4.78, 5) is 38.4. The third-order valence-electron chi connectivity index (χ3n) is 3.71. The highest BCUT2D eigenvalue weighted by Crippen LogP contribution is 2.19. The number of hydrogen-bond acceptors (Lipinski definition) is 4. The van der Waals surface area contributed by atoms with Crippen molar-refractivity contribution in [3.05, 3.63) is 42.5 Å². The normalized spacial score (nSPS) is 17.8. The molecule has 23 heavy (non-hydrogen) atoms. The second-order valence-corrected chi connectivity index (χ2v) is 5.04. The molecule has 0 spiro atoms. The van der Waals surface area contributed by atoms with E-state index in [-0.39, 0.29) is 19.5 Å². The summed E-state index contributed by atoms with van der Waals surface area (Å²) in [6.07, 6.45) is 0.457. The van der Waals surface area contributed by atoms with Gasteiger partial charge in [0.15, 0.2) is 0 Å². The molecule has 0 radical (unpaired) electrons. The zero-order valence-electron chi connectivity index (χ0n) is 12.8. The van der Waals surface area contributed by atoms with E-state index in [1.807, 2.05) is 0 Å². The van der Waals surface area contributed by atoms with Crippen LogP contribution in [-0.4, -0.2) is 59.1 Å². The highest BCUT2D eigenvalue weighted by atomic mass is 16.5. The number of carbonyl (C=O) groups is 3.